The Morgan fingerprint density at radius 2 is 2.33 bits per heavy atom. The molecule has 0 saturated heterocycles. The molecule has 3 nitrogen and oxygen atoms in total. The number of nitrogen functional groups attached to an aromatic ring is 1. The Morgan fingerprint density at radius 1 is 1.60 bits per heavy atom. The average molecular weight is 228 g/mol. The molecular weight excluding hydrogens is 210 g/mol. The van der Waals surface area contributed by atoms with Crippen molar-refractivity contribution in [1.29, 1.82) is 0 Å². The van der Waals surface area contributed by atoms with Crippen LogP contribution in [0, 0.1) is 0 Å². The van der Waals surface area contributed by atoms with Crippen molar-refractivity contribution in [2.24, 2.45) is 0 Å². The van der Waals surface area contributed by atoms with Gasteiger partial charge in [0.25, 0.3) is 0 Å². The molecule has 1 atom stereocenters. The molecule has 15 heavy (non-hydrogen) atoms. The third-order valence-electron chi connectivity index (χ3n) is 2.26. The summed E-state index contributed by atoms with van der Waals surface area (Å²) in [5.41, 5.74) is 6.39. The van der Waals surface area contributed by atoms with Crippen molar-refractivity contribution in [3.63, 3.8) is 0 Å². The van der Waals surface area contributed by atoms with E-state index in [1.54, 1.807) is 12.3 Å². The zero-order valence-electron chi connectivity index (χ0n) is 9.26. The van der Waals surface area contributed by atoms with E-state index in [-0.39, 0.29) is 0 Å². The number of nitrogens with zero attached hydrogens (tertiary/aromatic N) is 1. The Hall–Kier alpha value is -0.960. The molecule has 3 N–H and O–H groups in total. The predicted octanol–water partition coefficient (Wildman–Crippen LogP) is 3.31. The second kappa shape index (κ2) is 5.81. The summed E-state index contributed by atoms with van der Waals surface area (Å²) in [4.78, 5) is 4.16. The molecule has 4 heteroatoms. The molecular formula is C11H18ClN3. The van der Waals surface area contributed by atoms with E-state index in [2.05, 4.69) is 24.1 Å². The maximum atomic E-state index is 5.79. The fourth-order valence-electron chi connectivity index (χ4n) is 1.39. The van der Waals surface area contributed by atoms with Gasteiger partial charge in [0.1, 0.15) is 5.82 Å². The van der Waals surface area contributed by atoms with Gasteiger partial charge in [0.15, 0.2) is 0 Å². The third-order valence-corrected chi connectivity index (χ3v) is 2.46. The topological polar surface area (TPSA) is 50.9 Å². The number of halogens is 1. The van der Waals surface area contributed by atoms with E-state index in [1.165, 1.54) is 12.8 Å². The number of unbranched alkanes of at least 4 members (excludes halogenated alkanes) is 1. The van der Waals surface area contributed by atoms with Crippen LogP contribution in [-0.4, -0.2) is 11.0 Å². The van der Waals surface area contributed by atoms with Gasteiger partial charge in [0.2, 0.25) is 0 Å². The molecule has 0 aliphatic rings. The van der Waals surface area contributed by atoms with Crippen LogP contribution in [0.15, 0.2) is 12.3 Å². The van der Waals surface area contributed by atoms with Gasteiger partial charge in [-0.2, -0.15) is 0 Å². The van der Waals surface area contributed by atoms with Crippen LogP contribution in [0.3, 0.4) is 0 Å². The van der Waals surface area contributed by atoms with Crippen LogP contribution in [-0.2, 0) is 0 Å². The van der Waals surface area contributed by atoms with Crippen molar-refractivity contribution in [2.75, 3.05) is 11.1 Å². The second-order valence-corrected chi connectivity index (χ2v) is 4.22. The fourth-order valence-corrected chi connectivity index (χ4v) is 1.56. The van der Waals surface area contributed by atoms with Crippen molar-refractivity contribution < 1.29 is 0 Å². The van der Waals surface area contributed by atoms with Crippen LogP contribution in [0.2, 0.25) is 5.02 Å². The molecule has 1 unspecified atom stereocenters. The van der Waals surface area contributed by atoms with Crippen LogP contribution >= 0.6 is 11.6 Å². The lowest BCUT2D eigenvalue weighted by atomic mass is 10.1. The zero-order chi connectivity index (χ0) is 11.3. The summed E-state index contributed by atoms with van der Waals surface area (Å²) in [5, 5.41) is 3.85. The van der Waals surface area contributed by atoms with Crippen LogP contribution in [0.4, 0.5) is 11.5 Å². The van der Waals surface area contributed by atoms with Crippen LogP contribution in [0.25, 0.3) is 0 Å². The molecule has 0 amide bonds. The first-order valence-electron chi connectivity index (χ1n) is 5.31. The number of anilines is 2. The SMILES string of the molecule is CCCCC(C)Nc1ncc(Cl)cc1N. The summed E-state index contributed by atoms with van der Waals surface area (Å²) >= 11 is 5.77. The fraction of sp³-hybridized carbons (Fsp3) is 0.545. The molecule has 0 bridgehead atoms. The van der Waals surface area contributed by atoms with Crippen LogP contribution < -0.4 is 11.1 Å². The predicted molar refractivity (Wildman–Crippen MR) is 66.3 cm³/mol. The molecule has 1 heterocycles. The summed E-state index contributed by atoms with van der Waals surface area (Å²) < 4.78 is 0. The van der Waals surface area contributed by atoms with Gasteiger partial charge in [-0.3, -0.25) is 0 Å². The number of rotatable bonds is 5. The highest BCUT2D eigenvalue weighted by atomic mass is 35.5. The van der Waals surface area contributed by atoms with E-state index in [1.807, 2.05) is 0 Å². The lowest BCUT2D eigenvalue weighted by Gasteiger charge is -2.15. The molecule has 0 aromatic carbocycles. The maximum absolute atomic E-state index is 5.79. The molecule has 0 radical (unpaired) electrons. The number of aromatic nitrogens is 1. The first-order chi connectivity index (χ1) is 7.13. The van der Waals surface area contributed by atoms with Crippen molar-refractivity contribution in [2.45, 2.75) is 39.2 Å². The zero-order valence-corrected chi connectivity index (χ0v) is 10.0. The molecule has 0 spiro atoms. The average Bonchev–Trinajstić information content (AvgIpc) is 2.19. The minimum atomic E-state index is 0.390. The van der Waals surface area contributed by atoms with E-state index < -0.39 is 0 Å². The molecule has 0 aliphatic heterocycles. The largest absolute Gasteiger partial charge is 0.396 e. The van der Waals surface area contributed by atoms with Crippen molar-refractivity contribution in [3.05, 3.63) is 17.3 Å². The van der Waals surface area contributed by atoms with Crippen molar-refractivity contribution in [1.82, 2.24) is 4.98 Å². The van der Waals surface area contributed by atoms with E-state index in [4.69, 9.17) is 17.3 Å². The standard InChI is InChI=1S/C11H18ClN3/c1-3-4-5-8(2)15-11-10(13)6-9(12)7-14-11/h6-8H,3-5,13H2,1-2H3,(H,14,15). The lowest BCUT2D eigenvalue weighted by Crippen LogP contribution is -2.16. The number of hydrogen-bond donors (Lipinski definition) is 2. The quantitative estimate of drug-likeness (QED) is 0.812. The Balaban J connectivity index is 2.56. The maximum Gasteiger partial charge on any atom is 0.149 e. The van der Waals surface area contributed by atoms with Crippen molar-refractivity contribution in [3.8, 4) is 0 Å². The summed E-state index contributed by atoms with van der Waals surface area (Å²) in [6, 6.07) is 2.10. The molecule has 1 aromatic rings. The van der Waals surface area contributed by atoms with E-state index in [9.17, 15) is 0 Å². The van der Waals surface area contributed by atoms with Crippen molar-refractivity contribution >= 4 is 23.1 Å². The van der Waals surface area contributed by atoms with Gasteiger partial charge in [0, 0.05) is 12.2 Å². The Kier molecular flexibility index (Phi) is 4.69. The minimum Gasteiger partial charge on any atom is -0.396 e. The third kappa shape index (κ3) is 3.96. The van der Waals surface area contributed by atoms with Gasteiger partial charge in [-0.15, -0.1) is 0 Å². The van der Waals surface area contributed by atoms with Gasteiger partial charge < -0.3 is 11.1 Å². The van der Waals surface area contributed by atoms with E-state index >= 15 is 0 Å². The van der Waals surface area contributed by atoms with Gasteiger partial charge in [-0.1, -0.05) is 31.4 Å². The minimum absolute atomic E-state index is 0.390. The second-order valence-electron chi connectivity index (χ2n) is 3.78. The smallest absolute Gasteiger partial charge is 0.149 e. The molecule has 84 valence electrons. The molecule has 1 rings (SSSR count). The van der Waals surface area contributed by atoms with E-state index in [0.29, 0.717) is 16.8 Å². The summed E-state index contributed by atoms with van der Waals surface area (Å²) in [6.07, 6.45) is 5.14. The lowest BCUT2D eigenvalue weighted by molar-refractivity contribution is 0.643. The highest BCUT2D eigenvalue weighted by Crippen LogP contribution is 2.20. The summed E-state index contributed by atoms with van der Waals surface area (Å²) in [7, 11) is 0. The number of nitrogens with two attached hydrogens (primary N) is 1. The number of nitrogens with one attached hydrogen (secondary N) is 1. The number of pyridine rings is 1. The highest BCUT2D eigenvalue weighted by Gasteiger charge is 2.05. The molecule has 0 aliphatic carbocycles. The van der Waals surface area contributed by atoms with Gasteiger partial charge in [-0.25, -0.2) is 4.98 Å². The molecule has 0 fully saturated rings. The number of hydrogen-bond acceptors (Lipinski definition) is 3. The van der Waals surface area contributed by atoms with Gasteiger partial charge in [-0.05, 0) is 19.4 Å². The summed E-state index contributed by atoms with van der Waals surface area (Å²) in [5.74, 6) is 0.725. The van der Waals surface area contributed by atoms with Crippen LogP contribution in [0.1, 0.15) is 33.1 Å². The monoisotopic (exact) mass is 227 g/mol. The normalized spacial score (nSPS) is 12.5. The van der Waals surface area contributed by atoms with E-state index in [0.717, 1.165) is 12.2 Å². The summed E-state index contributed by atoms with van der Waals surface area (Å²) in [6.45, 7) is 4.31. The Bertz CT molecular complexity index is 315. The van der Waals surface area contributed by atoms with Crippen LogP contribution in [0.5, 0.6) is 0 Å². The molecule has 0 saturated carbocycles. The van der Waals surface area contributed by atoms with Gasteiger partial charge >= 0.3 is 0 Å². The molecule has 1 aromatic heterocycles. The first kappa shape index (κ1) is 12.1. The van der Waals surface area contributed by atoms with Gasteiger partial charge in [0.05, 0.1) is 10.7 Å². The Morgan fingerprint density at radius 3 is 2.93 bits per heavy atom. The first-order valence-corrected chi connectivity index (χ1v) is 5.68. The highest BCUT2D eigenvalue weighted by molar-refractivity contribution is 6.30. The Labute approximate surface area is 96.0 Å².